The maximum atomic E-state index is 11.6. The maximum Gasteiger partial charge on any atom is 0.420 e. The number of benzene rings is 2. The van der Waals surface area contributed by atoms with E-state index >= 15 is 0 Å². The van der Waals surface area contributed by atoms with Crippen molar-refractivity contribution < 1.29 is 14.3 Å². The summed E-state index contributed by atoms with van der Waals surface area (Å²) >= 11 is 0. The molecule has 0 saturated carbocycles. The van der Waals surface area contributed by atoms with Gasteiger partial charge in [-0.2, -0.15) is 0 Å². The quantitative estimate of drug-likeness (QED) is 0.879. The lowest BCUT2D eigenvalue weighted by atomic mass is 10.2. The molecule has 0 aliphatic rings. The zero-order valence-electron chi connectivity index (χ0n) is 10.9. The first-order chi connectivity index (χ1) is 9.63. The Hall–Kier alpha value is -2.82. The molecule has 0 spiro atoms. The number of amides is 3. The lowest BCUT2D eigenvalue weighted by Gasteiger charge is -2.07. The van der Waals surface area contributed by atoms with Crippen LogP contribution in [0.1, 0.15) is 5.56 Å². The number of nitrogens with one attached hydrogen (secondary N) is 2. The van der Waals surface area contributed by atoms with E-state index in [9.17, 15) is 9.59 Å². The van der Waals surface area contributed by atoms with Gasteiger partial charge in [0, 0.05) is 5.69 Å². The lowest BCUT2D eigenvalue weighted by molar-refractivity contribution is 0.199. The second-order valence-electron chi connectivity index (χ2n) is 4.15. The van der Waals surface area contributed by atoms with E-state index < -0.39 is 12.1 Å². The van der Waals surface area contributed by atoms with Gasteiger partial charge < -0.3 is 10.1 Å². The Kier molecular flexibility index (Phi) is 4.34. The van der Waals surface area contributed by atoms with Crippen molar-refractivity contribution in [1.82, 2.24) is 5.32 Å². The summed E-state index contributed by atoms with van der Waals surface area (Å²) in [5, 5.41) is 4.63. The summed E-state index contributed by atoms with van der Waals surface area (Å²) in [6, 6.07) is 15.1. The van der Waals surface area contributed by atoms with Crippen molar-refractivity contribution in [3.05, 3.63) is 60.2 Å². The van der Waals surface area contributed by atoms with Crippen molar-refractivity contribution in [1.29, 1.82) is 0 Å². The number of carbonyl (C=O) groups excluding carboxylic acids is 2. The van der Waals surface area contributed by atoms with Crippen LogP contribution in [0.25, 0.3) is 0 Å². The van der Waals surface area contributed by atoms with Gasteiger partial charge >= 0.3 is 12.1 Å². The number of ether oxygens (including phenoxy) is 1. The molecule has 102 valence electrons. The van der Waals surface area contributed by atoms with E-state index in [1.54, 1.807) is 42.5 Å². The Bertz CT molecular complexity index is 612. The third kappa shape index (κ3) is 4.13. The molecule has 2 aromatic carbocycles. The summed E-state index contributed by atoms with van der Waals surface area (Å²) in [5.74, 6) is 0.369. The molecule has 2 rings (SSSR count). The summed E-state index contributed by atoms with van der Waals surface area (Å²) < 4.78 is 4.94. The van der Waals surface area contributed by atoms with Gasteiger partial charge in [0.25, 0.3) is 0 Å². The van der Waals surface area contributed by atoms with E-state index in [0.717, 1.165) is 5.56 Å². The normalized spacial score (nSPS) is 9.65. The van der Waals surface area contributed by atoms with E-state index in [1.807, 2.05) is 19.1 Å². The van der Waals surface area contributed by atoms with Crippen LogP contribution in [0.3, 0.4) is 0 Å². The molecule has 0 heterocycles. The second-order valence-corrected chi connectivity index (χ2v) is 4.15. The van der Waals surface area contributed by atoms with Gasteiger partial charge in [0.15, 0.2) is 0 Å². The summed E-state index contributed by atoms with van der Waals surface area (Å²) in [6.07, 6.45) is -0.832. The number of aryl methyl sites for hydroxylation is 1. The highest BCUT2D eigenvalue weighted by atomic mass is 16.6. The first-order valence-corrected chi connectivity index (χ1v) is 6.05. The molecule has 0 unspecified atom stereocenters. The molecule has 0 fully saturated rings. The Morgan fingerprint density at radius 3 is 2.45 bits per heavy atom. The average Bonchev–Trinajstić information content (AvgIpc) is 2.39. The summed E-state index contributed by atoms with van der Waals surface area (Å²) in [4.78, 5) is 23.1. The third-order valence-electron chi connectivity index (χ3n) is 2.45. The van der Waals surface area contributed by atoms with Crippen molar-refractivity contribution in [2.24, 2.45) is 0 Å². The molecule has 0 saturated heterocycles. The van der Waals surface area contributed by atoms with E-state index in [2.05, 4.69) is 10.6 Å². The number of rotatable bonds is 2. The molecule has 0 aromatic heterocycles. The van der Waals surface area contributed by atoms with Crippen LogP contribution in [0, 0.1) is 6.92 Å². The molecular weight excluding hydrogens is 256 g/mol. The fraction of sp³-hybridized carbons (Fsp3) is 0.0667. The summed E-state index contributed by atoms with van der Waals surface area (Å²) in [7, 11) is 0. The summed E-state index contributed by atoms with van der Waals surface area (Å²) in [5.41, 5.74) is 1.62. The van der Waals surface area contributed by atoms with Gasteiger partial charge in [-0.05, 0) is 36.8 Å². The average molecular weight is 270 g/mol. The van der Waals surface area contributed by atoms with Crippen molar-refractivity contribution in [2.45, 2.75) is 6.92 Å². The highest BCUT2D eigenvalue weighted by Gasteiger charge is 2.09. The number of anilines is 1. The Morgan fingerprint density at radius 1 is 1.00 bits per heavy atom. The van der Waals surface area contributed by atoms with Gasteiger partial charge in [0.05, 0.1) is 0 Å². The van der Waals surface area contributed by atoms with Gasteiger partial charge in [-0.25, -0.2) is 14.9 Å². The van der Waals surface area contributed by atoms with Crippen molar-refractivity contribution in [3.8, 4) is 5.75 Å². The smallest absolute Gasteiger partial charge is 0.410 e. The predicted octanol–water partition coefficient (Wildman–Crippen LogP) is 3.32. The van der Waals surface area contributed by atoms with Gasteiger partial charge in [-0.15, -0.1) is 0 Å². The van der Waals surface area contributed by atoms with Crippen LogP contribution in [0.4, 0.5) is 15.3 Å². The maximum absolute atomic E-state index is 11.6. The van der Waals surface area contributed by atoms with E-state index in [4.69, 9.17) is 4.74 Å². The fourth-order valence-corrected chi connectivity index (χ4v) is 1.60. The van der Waals surface area contributed by atoms with Gasteiger partial charge in [-0.1, -0.05) is 30.3 Å². The van der Waals surface area contributed by atoms with Gasteiger partial charge in [0.1, 0.15) is 5.75 Å². The van der Waals surface area contributed by atoms with Crippen LogP contribution in [-0.2, 0) is 0 Å². The molecule has 20 heavy (non-hydrogen) atoms. The topological polar surface area (TPSA) is 67.4 Å². The third-order valence-corrected chi connectivity index (χ3v) is 2.45. The zero-order valence-corrected chi connectivity index (χ0v) is 10.9. The van der Waals surface area contributed by atoms with Crippen molar-refractivity contribution in [2.75, 3.05) is 5.32 Å². The molecular formula is C15H14N2O3. The van der Waals surface area contributed by atoms with E-state index in [-0.39, 0.29) is 0 Å². The molecule has 2 aromatic rings. The van der Waals surface area contributed by atoms with Crippen LogP contribution in [0.15, 0.2) is 54.6 Å². The molecule has 0 atom stereocenters. The largest absolute Gasteiger partial charge is 0.420 e. The number of hydrogen-bond acceptors (Lipinski definition) is 3. The molecule has 0 bridgehead atoms. The van der Waals surface area contributed by atoms with Gasteiger partial charge in [-0.3, -0.25) is 0 Å². The zero-order chi connectivity index (χ0) is 14.4. The monoisotopic (exact) mass is 270 g/mol. The fourth-order valence-electron chi connectivity index (χ4n) is 1.60. The number of hydrogen-bond donors (Lipinski definition) is 2. The molecule has 0 aliphatic carbocycles. The van der Waals surface area contributed by atoms with Crippen LogP contribution in [-0.4, -0.2) is 12.1 Å². The van der Waals surface area contributed by atoms with Crippen molar-refractivity contribution in [3.63, 3.8) is 0 Å². The highest BCUT2D eigenvalue weighted by molar-refractivity contribution is 5.99. The molecule has 5 nitrogen and oxygen atoms in total. The minimum atomic E-state index is -0.832. The summed E-state index contributed by atoms with van der Waals surface area (Å²) in [6.45, 7) is 1.91. The first kappa shape index (κ1) is 13.6. The Labute approximate surface area is 116 Å². The number of imide groups is 1. The Morgan fingerprint density at radius 2 is 1.75 bits per heavy atom. The van der Waals surface area contributed by atoms with E-state index in [1.165, 1.54) is 0 Å². The highest BCUT2D eigenvalue weighted by Crippen LogP contribution is 2.10. The lowest BCUT2D eigenvalue weighted by Crippen LogP contribution is -2.36. The minimum absolute atomic E-state index is 0.369. The minimum Gasteiger partial charge on any atom is -0.410 e. The predicted molar refractivity (Wildman–Crippen MR) is 75.8 cm³/mol. The number of urea groups is 1. The van der Waals surface area contributed by atoms with Crippen molar-refractivity contribution >= 4 is 17.8 Å². The molecule has 5 heteroatoms. The number of para-hydroxylation sites is 1. The molecule has 0 aliphatic heterocycles. The standard InChI is InChI=1S/C15H14N2O3/c1-11-6-5-7-12(10-11)16-14(18)17-15(19)20-13-8-3-2-4-9-13/h2-10H,1H3,(H2,16,17,18,19). The molecule has 2 N–H and O–H groups in total. The second kappa shape index (κ2) is 6.38. The van der Waals surface area contributed by atoms with Crippen LogP contribution in [0.5, 0.6) is 5.75 Å². The molecule has 0 radical (unpaired) electrons. The van der Waals surface area contributed by atoms with E-state index in [0.29, 0.717) is 11.4 Å². The SMILES string of the molecule is Cc1cccc(NC(=O)NC(=O)Oc2ccccc2)c1. The van der Waals surface area contributed by atoms with Crippen LogP contribution >= 0.6 is 0 Å². The number of carbonyl (C=O) groups is 2. The first-order valence-electron chi connectivity index (χ1n) is 6.05. The Balaban J connectivity index is 1.87. The van der Waals surface area contributed by atoms with Crippen LogP contribution < -0.4 is 15.4 Å². The molecule has 3 amide bonds. The van der Waals surface area contributed by atoms with Crippen LogP contribution in [0.2, 0.25) is 0 Å². The van der Waals surface area contributed by atoms with Gasteiger partial charge in [0.2, 0.25) is 0 Å².